The summed E-state index contributed by atoms with van der Waals surface area (Å²) in [4.78, 5) is 4.25. The molecule has 2 saturated heterocycles. The number of ether oxygens (including phenoxy) is 1. The van der Waals surface area contributed by atoms with E-state index in [4.69, 9.17) is 4.74 Å². The molecule has 3 rings (SSSR count). The summed E-state index contributed by atoms with van der Waals surface area (Å²) in [5, 5.41) is 3.37. The zero-order valence-electron chi connectivity index (χ0n) is 12.4. The lowest BCUT2D eigenvalue weighted by molar-refractivity contribution is 0.0173. The molecule has 8 heteroatoms. The van der Waals surface area contributed by atoms with Gasteiger partial charge in [-0.3, -0.25) is 0 Å². The zero-order chi connectivity index (χ0) is 15.1. The highest BCUT2D eigenvalue weighted by molar-refractivity contribution is 7.89. The minimum atomic E-state index is -3.12. The minimum absolute atomic E-state index is 0.151. The van der Waals surface area contributed by atoms with E-state index in [0.717, 1.165) is 18.8 Å². The van der Waals surface area contributed by atoms with Gasteiger partial charge in [0.2, 0.25) is 16.0 Å². The molecule has 0 amide bonds. The Hall–Kier alpha value is -1.12. The van der Waals surface area contributed by atoms with Crippen molar-refractivity contribution in [1.29, 1.82) is 0 Å². The molecule has 1 N–H and O–H groups in total. The quantitative estimate of drug-likeness (QED) is 0.871. The van der Waals surface area contributed by atoms with Crippen LogP contribution in [-0.2, 0) is 21.8 Å². The highest BCUT2D eigenvalue weighted by atomic mass is 32.2. The lowest BCUT2D eigenvalue weighted by Crippen LogP contribution is -2.37. The van der Waals surface area contributed by atoms with Crippen molar-refractivity contribution in [2.45, 2.75) is 31.4 Å². The summed E-state index contributed by atoms with van der Waals surface area (Å²) < 4.78 is 33.4. The van der Waals surface area contributed by atoms with Gasteiger partial charge in [0, 0.05) is 39.0 Å². The van der Waals surface area contributed by atoms with Crippen molar-refractivity contribution in [2.75, 3.05) is 30.8 Å². The van der Waals surface area contributed by atoms with Gasteiger partial charge in [-0.2, -0.15) is 4.31 Å². The standard InChI is InChI=1S/C13H22N4O3S/c1-3-21(18,19)17-6-4-13(10-17)8-11(9-20-13)15-12-14-5-7-16(12)2/h5,7,11H,3-4,6,8-10H2,1-2H3,(H,14,15). The van der Waals surface area contributed by atoms with Crippen molar-refractivity contribution in [2.24, 2.45) is 7.05 Å². The fourth-order valence-corrected chi connectivity index (χ4v) is 4.30. The third-order valence-corrected chi connectivity index (χ3v) is 6.23. The number of nitrogens with zero attached hydrogens (tertiary/aromatic N) is 3. The molecule has 0 bridgehead atoms. The van der Waals surface area contributed by atoms with Crippen molar-refractivity contribution in [3.8, 4) is 0 Å². The van der Waals surface area contributed by atoms with Crippen molar-refractivity contribution in [3.63, 3.8) is 0 Å². The molecule has 2 atom stereocenters. The van der Waals surface area contributed by atoms with E-state index in [1.807, 2.05) is 17.8 Å². The van der Waals surface area contributed by atoms with Crippen LogP contribution < -0.4 is 5.32 Å². The van der Waals surface area contributed by atoms with Crippen LogP contribution in [0.1, 0.15) is 19.8 Å². The lowest BCUT2D eigenvalue weighted by Gasteiger charge is -2.23. The molecule has 0 radical (unpaired) electrons. The molecule has 21 heavy (non-hydrogen) atoms. The Morgan fingerprint density at radius 3 is 3.05 bits per heavy atom. The van der Waals surface area contributed by atoms with Crippen LogP contribution in [0.3, 0.4) is 0 Å². The molecular formula is C13H22N4O3S. The average Bonchev–Trinajstić information content (AvgIpc) is 3.15. The summed E-state index contributed by atoms with van der Waals surface area (Å²) in [6.07, 6.45) is 5.22. The van der Waals surface area contributed by atoms with Crippen molar-refractivity contribution < 1.29 is 13.2 Å². The van der Waals surface area contributed by atoms with Gasteiger partial charge in [0.1, 0.15) is 0 Å². The first-order valence-electron chi connectivity index (χ1n) is 7.30. The summed E-state index contributed by atoms with van der Waals surface area (Å²) in [6.45, 7) is 3.31. The van der Waals surface area contributed by atoms with Crippen molar-refractivity contribution >= 4 is 16.0 Å². The molecule has 7 nitrogen and oxygen atoms in total. The number of hydrogen-bond donors (Lipinski definition) is 1. The number of aromatic nitrogens is 2. The molecule has 0 saturated carbocycles. The van der Waals surface area contributed by atoms with E-state index in [0.29, 0.717) is 19.7 Å². The molecule has 3 heterocycles. The van der Waals surface area contributed by atoms with Gasteiger partial charge in [0.15, 0.2) is 0 Å². The van der Waals surface area contributed by atoms with Gasteiger partial charge in [0.25, 0.3) is 0 Å². The Morgan fingerprint density at radius 1 is 1.57 bits per heavy atom. The molecule has 0 aliphatic carbocycles. The number of anilines is 1. The monoisotopic (exact) mass is 314 g/mol. The Kier molecular flexibility index (Phi) is 3.71. The first-order valence-corrected chi connectivity index (χ1v) is 8.91. The summed E-state index contributed by atoms with van der Waals surface area (Å²) in [6, 6.07) is 0.176. The Bertz CT molecular complexity index is 615. The maximum atomic E-state index is 12.0. The third-order valence-electron chi connectivity index (χ3n) is 4.40. The van der Waals surface area contributed by atoms with Gasteiger partial charge in [0.05, 0.1) is 24.0 Å². The van der Waals surface area contributed by atoms with E-state index in [1.54, 1.807) is 17.4 Å². The summed E-state index contributed by atoms with van der Waals surface area (Å²) in [5.74, 6) is 0.967. The molecule has 118 valence electrons. The number of rotatable bonds is 4. The number of imidazole rings is 1. The van der Waals surface area contributed by atoms with Gasteiger partial charge in [-0.1, -0.05) is 0 Å². The second kappa shape index (κ2) is 5.26. The largest absolute Gasteiger partial charge is 0.371 e. The molecule has 1 aromatic rings. The Morgan fingerprint density at radius 2 is 2.38 bits per heavy atom. The van der Waals surface area contributed by atoms with Crippen LogP contribution in [-0.4, -0.2) is 59.4 Å². The predicted molar refractivity (Wildman–Crippen MR) is 79.6 cm³/mol. The first kappa shape index (κ1) is 14.8. The summed E-state index contributed by atoms with van der Waals surface area (Å²) >= 11 is 0. The highest BCUT2D eigenvalue weighted by Crippen LogP contribution is 2.37. The van der Waals surface area contributed by atoms with Gasteiger partial charge in [-0.25, -0.2) is 13.4 Å². The van der Waals surface area contributed by atoms with E-state index in [9.17, 15) is 8.42 Å². The van der Waals surface area contributed by atoms with E-state index in [1.165, 1.54) is 0 Å². The van der Waals surface area contributed by atoms with Gasteiger partial charge >= 0.3 is 0 Å². The van der Waals surface area contributed by atoms with Crippen LogP contribution >= 0.6 is 0 Å². The fraction of sp³-hybridized carbons (Fsp3) is 0.769. The second-order valence-corrected chi connectivity index (χ2v) is 8.14. The smallest absolute Gasteiger partial charge is 0.213 e. The van der Waals surface area contributed by atoms with Crippen LogP contribution in [0.5, 0.6) is 0 Å². The molecule has 2 unspecified atom stereocenters. The number of hydrogen-bond acceptors (Lipinski definition) is 5. The minimum Gasteiger partial charge on any atom is -0.371 e. The van der Waals surface area contributed by atoms with Crippen LogP contribution in [0.25, 0.3) is 0 Å². The normalized spacial score (nSPS) is 30.3. The summed E-state index contributed by atoms with van der Waals surface area (Å²) in [5.41, 5.74) is -0.328. The second-order valence-electron chi connectivity index (χ2n) is 5.89. The molecule has 1 spiro atoms. The fourth-order valence-electron chi connectivity index (χ4n) is 3.14. The summed E-state index contributed by atoms with van der Waals surface area (Å²) in [7, 11) is -1.18. The van der Waals surface area contributed by atoms with E-state index >= 15 is 0 Å². The molecular weight excluding hydrogens is 292 g/mol. The van der Waals surface area contributed by atoms with Gasteiger partial charge in [-0.05, 0) is 13.3 Å². The molecule has 2 fully saturated rings. The van der Waals surface area contributed by atoms with Crippen LogP contribution in [0.15, 0.2) is 12.4 Å². The van der Waals surface area contributed by atoms with E-state index in [2.05, 4.69) is 10.3 Å². The Balaban J connectivity index is 1.64. The van der Waals surface area contributed by atoms with Crippen LogP contribution in [0.2, 0.25) is 0 Å². The van der Waals surface area contributed by atoms with Crippen LogP contribution in [0, 0.1) is 0 Å². The first-order chi connectivity index (χ1) is 9.94. The predicted octanol–water partition coefficient (Wildman–Crippen LogP) is 0.415. The lowest BCUT2D eigenvalue weighted by atomic mass is 9.97. The molecule has 0 aromatic carbocycles. The topological polar surface area (TPSA) is 76.5 Å². The van der Waals surface area contributed by atoms with Gasteiger partial charge < -0.3 is 14.6 Å². The zero-order valence-corrected chi connectivity index (χ0v) is 13.3. The van der Waals surface area contributed by atoms with E-state index in [-0.39, 0.29) is 17.4 Å². The molecule has 2 aliphatic heterocycles. The van der Waals surface area contributed by atoms with Crippen molar-refractivity contribution in [1.82, 2.24) is 13.9 Å². The molecule has 2 aliphatic rings. The highest BCUT2D eigenvalue weighted by Gasteiger charge is 2.48. The number of aryl methyl sites for hydroxylation is 1. The maximum Gasteiger partial charge on any atom is 0.213 e. The van der Waals surface area contributed by atoms with Crippen molar-refractivity contribution in [3.05, 3.63) is 12.4 Å². The Labute approximate surface area is 125 Å². The van der Waals surface area contributed by atoms with Crippen LogP contribution in [0.4, 0.5) is 5.95 Å². The third kappa shape index (κ3) is 2.79. The SMILES string of the molecule is CCS(=O)(=O)N1CCC2(CC(Nc3nccn3C)CO2)C1. The maximum absolute atomic E-state index is 12.0. The molecule has 1 aromatic heterocycles. The van der Waals surface area contributed by atoms with Gasteiger partial charge in [-0.15, -0.1) is 0 Å². The number of nitrogens with one attached hydrogen (secondary N) is 1. The number of sulfonamides is 1. The van der Waals surface area contributed by atoms with E-state index < -0.39 is 10.0 Å². The average molecular weight is 314 g/mol.